The number of hydrogen-bond acceptors (Lipinski definition) is 2. The maximum atomic E-state index is 11.9. The van der Waals surface area contributed by atoms with Crippen molar-refractivity contribution in [2.75, 3.05) is 5.32 Å². The Morgan fingerprint density at radius 1 is 1.09 bits per heavy atom. The second kappa shape index (κ2) is 6.03. The molecule has 0 aliphatic rings. The summed E-state index contributed by atoms with van der Waals surface area (Å²) in [5.41, 5.74) is 2.63. The molecule has 110 valence electrons. The van der Waals surface area contributed by atoms with Crippen LogP contribution in [0.25, 0.3) is 17.1 Å². The number of aromatic amines is 2. The van der Waals surface area contributed by atoms with E-state index in [1.165, 1.54) is 6.08 Å². The molecule has 1 heterocycles. The fraction of sp³-hybridized carbons (Fsp3) is 0. The van der Waals surface area contributed by atoms with E-state index in [9.17, 15) is 9.59 Å². The summed E-state index contributed by atoms with van der Waals surface area (Å²) in [5.74, 6) is -0.239. The van der Waals surface area contributed by atoms with Gasteiger partial charge in [-0.15, -0.1) is 0 Å². The Balaban J connectivity index is 1.73. The summed E-state index contributed by atoms with van der Waals surface area (Å²) >= 11 is 3.38. The number of imidazole rings is 1. The van der Waals surface area contributed by atoms with Gasteiger partial charge in [0, 0.05) is 16.2 Å². The van der Waals surface area contributed by atoms with Gasteiger partial charge in [0.05, 0.1) is 11.0 Å². The largest absolute Gasteiger partial charge is 0.323 e. The molecular weight excluding hydrogens is 346 g/mol. The zero-order chi connectivity index (χ0) is 15.5. The second-order valence-corrected chi connectivity index (χ2v) is 5.63. The lowest BCUT2D eigenvalue weighted by molar-refractivity contribution is -0.111. The summed E-state index contributed by atoms with van der Waals surface area (Å²) < 4.78 is 0.955. The first-order valence-electron chi connectivity index (χ1n) is 6.57. The number of H-pyrrole nitrogens is 2. The zero-order valence-corrected chi connectivity index (χ0v) is 13.0. The Morgan fingerprint density at radius 3 is 2.73 bits per heavy atom. The number of nitrogens with one attached hydrogen (secondary N) is 3. The second-order valence-electron chi connectivity index (χ2n) is 4.72. The summed E-state index contributed by atoms with van der Waals surface area (Å²) in [4.78, 5) is 28.4. The topological polar surface area (TPSA) is 77.8 Å². The zero-order valence-electron chi connectivity index (χ0n) is 11.4. The van der Waals surface area contributed by atoms with Crippen LogP contribution in [0.2, 0.25) is 0 Å². The first-order chi connectivity index (χ1) is 10.6. The molecule has 0 atom stereocenters. The minimum Gasteiger partial charge on any atom is -0.322 e. The van der Waals surface area contributed by atoms with Crippen molar-refractivity contribution < 1.29 is 4.79 Å². The van der Waals surface area contributed by atoms with Crippen LogP contribution in [0.5, 0.6) is 0 Å². The maximum Gasteiger partial charge on any atom is 0.323 e. The fourth-order valence-corrected chi connectivity index (χ4v) is 2.49. The van der Waals surface area contributed by atoms with E-state index < -0.39 is 0 Å². The van der Waals surface area contributed by atoms with E-state index in [0.717, 1.165) is 10.0 Å². The maximum absolute atomic E-state index is 11.9. The highest BCUT2D eigenvalue weighted by Crippen LogP contribution is 2.15. The summed E-state index contributed by atoms with van der Waals surface area (Å²) in [7, 11) is 0. The standard InChI is InChI=1S/C16H12BrN3O2/c17-11-3-1-2-10(8-11)4-7-15(21)18-12-5-6-13-14(9-12)20-16(22)19-13/h1-9H,(H,18,21)(H2,19,20,22)/b7-4+. The SMILES string of the molecule is O=C(/C=C/c1cccc(Br)c1)Nc1ccc2[nH]c(=O)[nH]c2c1. The summed E-state index contributed by atoms with van der Waals surface area (Å²) in [6.45, 7) is 0. The van der Waals surface area contributed by atoms with Crippen LogP contribution in [0, 0.1) is 0 Å². The van der Waals surface area contributed by atoms with Gasteiger partial charge in [0.15, 0.2) is 0 Å². The molecule has 0 fully saturated rings. The van der Waals surface area contributed by atoms with E-state index in [0.29, 0.717) is 16.7 Å². The molecule has 1 amide bonds. The van der Waals surface area contributed by atoms with Crippen molar-refractivity contribution in [2.24, 2.45) is 0 Å². The number of rotatable bonds is 3. The molecule has 2 aromatic carbocycles. The average Bonchev–Trinajstić information content (AvgIpc) is 2.84. The number of anilines is 1. The van der Waals surface area contributed by atoms with Crippen LogP contribution in [-0.4, -0.2) is 15.9 Å². The van der Waals surface area contributed by atoms with E-state index in [4.69, 9.17) is 0 Å². The number of hydrogen-bond donors (Lipinski definition) is 3. The normalized spacial score (nSPS) is 11.1. The smallest absolute Gasteiger partial charge is 0.322 e. The molecule has 0 spiro atoms. The average molecular weight is 358 g/mol. The molecule has 0 saturated heterocycles. The van der Waals surface area contributed by atoms with Gasteiger partial charge in [-0.05, 0) is 42.0 Å². The van der Waals surface area contributed by atoms with Gasteiger partial charge in [0.2, 0.25) is 5.91 Å². The Kier molecular flexibility index (Phi) is 3.93. The van der Waals surface area contributed by atoms with Crippen molar-refractivity contribution in [3.05, 3.63) is 69.1 Å². The molecule has 5 nitrogen and oxygen atoms in total. The molecule has 0 saturated carbocycles. The lowest BCUT2D eigenvalue weighted by atomic mass is 10.2. The van der Waals surface area contributed by atoms with E-state index in [-0.39, 0.29) is 11.6 Å². The molecule has 0 bridgehead atoms. The van der Waals surface area contributed by atoms with Crippen LogP contribution in [0.15, 0.2) is 57.8 Å². The van der Waals surface area contributed by atoms with Gasteiger partial charge < -0.3 is 15.3 Å². The van der Waals surface area contributed by atoms with Crippen LogP contribution in [0.3, 0.4) is 0 Å². The van der Waals surface area contributed by atoms with E-state index in [1.807, 2.05) is 24.3 Å². The van der Waals surface area contributed by atoms with Crippen LogP contribution in [0.1, 0.15) is 5.56 Å². The minimum absolute atomic E-state index is 0.239. The Labute approximate surface area is 134 Å². The third-order valence-corrected chi connectivity index (χ3v) is 3.55. The van der Waals surface area contributed by atoms with Crippen molar-refractivity contribution in [3.63, 3.8) is 0 Å². The number of halogens is 1. The van der Waals surface area contributed by atoms with Crippen molar-refractivity contribution in [1.29, 1.82) is 0 Å². The highest BCUT2D eigenvalue weighted by molar-refractivity contribution is 9.10. The molecule has 0 aliphatic heterocycles. The summed E-state index contributed by atoms with van der Waals surface area (Å²) in [5, 5.41) is 2.75. The molecule has 3 aromatic rings. The number of fused-ring (bicyclic) bond motifs is 1. The Bertz CT molecular complexity index is 924. The molecule has 22 heavy (non-hydrogen) atoms. The van der Waals surface area contributed by atoms with Crippen molar-refractivity contribution in [1.82, 2.24) is 9.97 Å². The van der Waals surface area contributed by atoms with Gasteiger partial charge >= 0.3 is 5.69 Å². The number of carbonyl (C=O) groups excluding carboxylic acids is 1. The lowest BCUT2D eigenvalue weighted by Gasteiger charge is -2.02. The van der Waals surface area contributed by atoms with E-state index >= 15 is 0 Å². The van der Waals surface area contributed by atoms with E-state index in [2.05, 4.69) is 31.2 Å². The van der Waals surface area contributed by atoms with Crippen LogP contribution >= 0.6 is 15.9 Å². The third-order valence-electron chi connectivity index (χ3n) is 3.06. The predicted octanol–water partition coefficient (Wildman–Crippen LogP) is 3.27. The number of carbonyl (C=O) groups is 1. The van der Waals surface area contributed by atoms with Crippen LogP contribution in [0.4, 0.5) is 5.69 Å². The van der Waals surface area contributed by atoms with Gasteiger partial charge in [-0.2, -0.15) is 0 Å². The molecule has 3 rings (SSSR count). The predicted molar refractivity (Wildman–Crippen MR) is 90.7 cm³/mol. The monoisotopic (exact) mass is 357 g/mol. The highest BCUT2D eigenvalue weighted by Gasteiger charge is 2.02. The Hall–Kier alpha value is -2.60. The quantitative estimate of drug-likeness (QED) is 0.629. The number of amides is 1. The molecule has 0 aliphatic carbocycles. The van der Waals surface area contributed by atoms with Crippen molar-refractivity contribution >= 4 is 44.6 Å². The highest BCUT2D eigenvalue weighted by atomic mass is 79.9. The molecule has 3 N–H and O–H groups in total. The number of benzene rings is 2. The number of aromatic nitrogens is 2. The molecule has 0 unspecified atom stereocenters. The molecule has 0 radical (unpaired) electrons. The van der Waals surface area contributed by atoms with Gasteiger partial charge in [-0.1, -0.05) is 28.1 Å². The van der Waals surface area contributed by atoms with Crippen molar-refractivity contribution in [3.8, 4) is 0 Å². The van der Waals surface area contributed by atoms with Crippen LogP contribution < -0.4 is 11.0 Å². The minimum atomic E-state index is -0.270. The molecule has 6 heteroatoms. The van der Waals surface area contributed by atoms with E-state index in [1.54, 1.807) is 24.3 Å². The molecular formula is C16H12BrN3O2. The first-order valence-corrected chi connectivity index (χ1v) is 7.36. The van der Waals surface area contributed by atoms with Gasteiger partial charge in [-0.3, -0.25) is 4.79 Å². The van der Waals surface area contributed by atoms with Gasteiger partial charge in [-0.25, -0.2) is 4.79 Å². The third kappa shape index (κ3) is 3.35. The van der Waals surface area contributed by atoms with Crippen molar-refractivity contribution in [2.45, 2.75) is 0 Å². The summed E-state index contributed by atoms with van der Waals surface area (Å²) in [6.07, 6.45) is 3.20. The lowest BCUT2D eigenvalue weighted by Crippen LogP contribution is -2.07. The van der Waals surface area contributed by atoms with Gasteiger partial charge in [0.1, 0.15) is 0 Å². The Morgan fingerprint density at radius 2 is 1.91 bits per heavy atom. The first kappa shape index (κ1) is 14.3. The summed E-state index contributed by atoms with van der Waals surface area (Å²) in [6, 6.07) is 12.8. The molecule has 1 aromatic heterocycles. The van der Waals surface area contributed by atoms with Crippen LogP contribution in [-0.2, 0) is 4.79 Å². The fourth-order valence-electron chi connectivity index (χ4n) is 2.08. The van der Waals surface area contributed by atoms with Gasteiger partial charge in [0.25, 0.3) is 0 Å².